The minimum absolute atomic E-state index is 0.291. The van der Waals surface area contributed by atoms with Gasteiger partial charge in [0.1, 0.15) is 0 Å². The van der Waals surface area contributed by atoms with E-state index in [0.717, 1.165) is 57.6 Å². The van der Waals surface area contributed by atoms with Gasteiger partial charge in [-0.05, 0) is 45.7 Å². The fourth-order valence-electron chi connectivity index (χ4n) is 3.86. The van der Waals surface area contributed by atoms with Crippen molar-refractivity contribution in [3.8, 4) is 0 Å². The number of carbonyl (C=O) groups excluding carboxylic acids is 1. The lowest BCUT2D eigenvalue weighted by Crippen LogP contribution is -2.53. The number of aromatic nitrogens is 1. The Morgan fingerprint density at radius 2 is 2.30 bits per heavy atom. The van der Waals surface area contributed by atoms with Crippen LogP contribution in [-0.2, 0) is 9.53 Å². The molecule has 0 aliphatic carbocycles. The van der Waals surface area contributed by atoms with Gasteiger partial charge in [0.05, 0.1) is 17.0 Å². The Labute approximate surface area is 142 Å². The van der Waals surface area contributed by atoms with Crippen LogP contribution in [0.15, 0.2) is 5.38 Å². The van der Waals surface area contributed by atoms with Crippen LogP contribution in [0.25, 0.3) is 0 Å². The number of piperidine rings is 2. The molecule has 0 saturated carbocycles. The summed E-state index contributed by atoms with van der Waals surface area (Å²) < 4.78 is 5.43. The zero-order valence-electron chi connectivity index (χ0n) is 14.1. The number of hydrogen-bond donors (Lipinski definition) is 1. The van der Waals surface area contributed by atoms with E-state index in [1.165, 1.54) is 5.01 Å². The van der Waals surface area contributed by atoms with Gasteiger partial charge >= 0.3 is 0 Å². The van der Waals surface area contributed by atoms with E-state index in [2.05, 4.69) is 20.6 Å². The number of nitrogens with zero attached hydrogens (tertiary/aromatic N) is 2. The molecule has 2 aliphatic rings. The second kappa shape index (κ2) is 7.28. The van der Waals surface area contributed by atoms with Crippen molar-refractivity contribution in [2.45, 2.75) is 38.5 Å². The van der Waals surface area contributed by atoms with E-state index in [1.807, 2.05) is 6.92 Å². The van der Waals surface area contributed by atoms with Gasteiger partial charge in [-0.25, -0.2) is 4.98 Å². The molecule has 1 aromatic heterocycles. The third kappa shape index (κ3) is 3.59. The van der Waals surface area contributed by atoms with Crippen LogP contribution in [0.3, 0.4) is 0 Å². The molecule has 6 heteroatoms. The fraction of sp³-hybridized carbons (Fsp3) is 0.765. The van der Waals surface area contributed by atoms with Crippen LogP contribution < -0.4 is 5.32 Å². The lowest BCUT2D eigenvalue weighted by atomic mass is 9.77. The average Bonchev–Trinajstić information content (AvgIpc) is 3.02. The first kappa shape index (κ1) is 16.9. The maximum Gasteiger partial charge on any atom is 0.231 e. The van der Waals surface area contributed by atoms with Crippen molar-refractivity contribution < 1.29 is 9.53 Å². The minimum atomic E-state index is -0.333. The van der Waals surface area contributed by atoms with Crippen molar-refractivity contribution in [1.29, 1.82) is 0 Å². The predicted molar refractivity (Wildman–Crippen MR) is 91.8 cm³/mol. The molecule has 1 atom stereocenters. The van der Waals surface area contributed by atoms with Crippen LogP contribution in [0, 0.1) is 12.3 Å². The predicted octanol–water partition coefficient (Wildman–Crippen LogP) is 2.17. The summed E-state index contributed by atoms with van der Waals surface area (Å²) in [7, 11) is 1.70. The number of carbonyl (C=O) groups is 1. The molecule has 3 heterocycles. The fourth-order valence-corrected chi connectivity index (χ4v) is 4.79. The SMILES string of the molecule is COCC1(C(=O)N2CCCC(c3nc(C)cs3)C2)CCNCC1. The Morgan fingerprint density at radius 3 is 2.96 bits per heavy atom. The molecule has 1 unspecified atom stereocenters. The van der Waals surface area contributed by atoms with Gasteiger partial charge in [-0.3, -0.25) is 4.79 Å². The van der Waals surface area contributed by atoms with Crippen LogP contribution in [0.2, 0.25) is 0 Å². The van der Waals surface area contributed by atoms with Crippen molar-refractivity contribution >= 4 is 17.2 Å². The number of hydrogen-bond acceptors (Lipinski definition) is 5. The molecule has 23 heavy (non-hydrogen) atoms. The van der Waals surface area contributed by atoms with E-state index in [0.29, 0.717) is 18.4 Å². The van der Waals surface area contributed by atoms with Gasteiger partial charge in [0.15, 0.2) is 0 Å². The average molecular weight is 337 g/mol. The van der Waals surface area contributed by atoms with Crippen molar-refractivity contribution in [2.24, 2.45) is 5.41 Å². The zero-order valence-corrected chi connectivity index (χ0v) is 15.0. The summed E-state index contributed by atoms with van der Waals surface area (Å²) in [5, 5.41) is 6.65. The summed E-state index contributed by atoms with van der Waals surface area (Å²) in [6.45, 7) is 6.05. The summed E-state index contributed by atoms with van der Waals surface area (Å²) in [6, 6.07) is 0. The number of nitrogens with one attached hydrogen (secondary N) is 1. The van der Waals surface area contributed by atoms with Crippen molar-refractivity contribution in [3.63, 3.8) is 0 Å². The molecule has 2 fully saturated rings. The van der Waals surface area contributed by atoms with Crippen LogP contribution in [-0.4, -0.2) is 55.7 Å². The lowest BCUT2D eigenvalue weighted by molar-refractivity contribution is -0.148. The smallest absolute Gasteiger partial charge is 0.231 e. The monoisotopic (exact) mass is 337 g/mol. The molecule has 1 N–H and O–H groups in total. The van der Waals surface area contributed by atoms with Gasteiger partial charge in [0.25, 0.3) is 0 Å². The molecule has 1 aromatic rings. The second-order valence-electron chi connectivity index (χ2n) is 6.88. The Kier molecular flexibility index (Phi) is 5.34. The number of amides is 1. The van der Waals surface area contributed by atoms with Gasteiger partial charge < -0.3 is 15.0 Å². The third-order valence-corrected chi connectivity index (χ3v) is 6.25. The summed E-state index contributed by atoms with van der Waals surface area (Å²) in [5.41, 5.74) is 0.753. The molecule has 0 spiro atoms. The first-order valence-electron chi connectivity index (χ1n) is 8.56. The number of methoxy groups -OCH3 is 1. The lowest BCUT2D eigenvalue weighted by Gasteiger charge is -2.42. The molecule has 0 bridgehead atoms. The van der Waals surface area contributed by atoms with Crippen LogP contribution in [0.1, 0.15) is 42.3 Å². The molecular weight excluding hydrogens is 310 g/mol. The summed E-state index contributed by atoms with van der Waals surface area (Å²) in [6.07, 6.45) is 3.94. The Hall–Kier alpha value is -0.980. The van der Waals surface area contributed by atoms with Gasteiger partial charge in [-0.1, -0.05) is 0 Å². The molecule has 5 nitrogen and oxygen atoms in total. The van der Waals surface area contributed by atoms with E-state index < -0.39 is 0 Å². The maximum absolute atomic E-state index is 13.2. The zero-order chi connectivity index (χ0) is 16.3. The normalized spacial score (nSPS) is 24.6. The van der Waals surface area contributed by atoms with Crippen molar-refractivity contribution in [3.05, 3.63) is 16.1 Å². The van der Waals surface area contributed by atoms with E-state index in [-0.39, 0.29) is 5.41 Å². The summed E-state index contributed by atoms with van der Waals surface area (Å²) in [5.74, 6) is 0.687. The quantitative estimate of drug-likeness (QED) is 0.915. The number of ether oxygens (including phenoxy) is 1. The Morgan fingerprint density at radius 1 is 1.52 bits per heavy atom. The van der Waals surface area contributed by atoms with E-state index in [9.17, 15) is 4.79 Å². The molecule has 1 amide bonds. The molecular formula is C17H27N3O2S. The van der Waals surface area contributed by atoms with Gasteiger partial charge in [0.2, 0.25) is 5.91 Å². The number of thiazole rings is 1. The topological polar surface area (TPSA) is 54.5 Å². The molecule has 2 saturated heterocycles. The highest BCUT2D eigenvalue weighted by molar-refractivity contribution is 7.09. The minimum Gasteiger partial charge on any atom is -0.384 e. The van der Waals surface area contributed by atoms with E-state index >= 15 is 0 Å². The summed E-state index contributed by atoms with van der Waals surface area (Å²) >= 11 is 1.73. The summed E-state index contributed by atoms with van der Waals surface area (Å²) in [4.78, 5) is 20.0. The maximum atomic E-state index is 13.2. The highest BCUT2D eigenvalue weighted by atomic mass is 32.1. The second-order valence-corrected chi connectivity index (χ2v) is 7.77. The largest absolute Gasteiger partial charge is 0.384 e. The number of likely N-dealkylation sites (tertiary alicyclic amines) is 1. The highest BCUT2D eigenvalue weighted by Crippen LogP contribution is 2.35. The van der Waals surface area contributed by atoms with Crippen molar-refractivity contribution in [1.82, 2.24) is 15.2 Å². The van der Waals surface area contributed by atoms with E-state index in [1.54, 1.807) is 18.4 Å². The third-order valence-electron chi connectivity index (χ3n) is 5.13. The molecule has 128 valence electrons. The van der Waals surface area contributed by atoms with Gasteiger partial charge in [-0.15, -0.1) is 11.3 Å². The standard InChI is InChI=1S/C17H27N3O2S/c1-13-11-23-15(19-13)14-4-3-9-20(10-14)16(21)17(12-22-2)5-7-18-8-6-17/h11,14,18H,3-10,12H2,1-2H3. The van der Waals surface area contributed by atoms with Crippen LogP contribution >= 0.6 is 11.3 Å². The first-order valence-corrected chi connectivity index (χ1v) is 9.44. The van der Waals surface area contributed by atoms with Gasteiger partial charge in [0, 0.05) is 37.2 Å². The van der Waals surface area contributed by atoms with E-state index in [4.69, 9.17) is 4.74 Å². The highest BCUT2D eigenvalue weighted by Gasteiger charge is 2.43. The van der Waals surface area contributed by atoms with Crippen LogP contribution in [0.4, 0.5) is 0 Å². The molecule has 2 aliphatic heterocycles. The van der Waals surface area contributed by atoms with Crippen LogP contribution in [0.5, 0.6) is 0 Å². The Balaban J connectivity index is 1.72. The molecule has 0 aromatic carbocycles. The number of aryl methyl sites for hydroxylation is 1. The Bertz CT molecular complexity index is 534. The molecule has 3 rings (SSSR count). The van der Waals surface area contributed by atoms with Crippen molar-refractivity contribution in [2.75, 3.05) is 39.9 Å². The van der Waals surface area contributed by atoms with Gasteiger partial charge in [-0.2, -0.15) is 0 Å². The number of rotatable bonds is 4. The first-order chi connectivity index (χ1) is 11.1. The molecule has 0 radical (unpaired) electrons.